The van der Waals surface area contributed by atoms with Gasteiger partial charge in [-0.1, -0.05) is 78.0 Å². The summed E-state index contributed by atoms with van der Waals surface area (Å²) >= 11 is 2.93. The first kappa shape index (κ1) is 31.3. The summed E-state index contributed by atoms with van der Waals surface area (Å²) in [6.07, 6.45) is 0.649. The highest BCUT2D eigenvalue weighted by Gasteiger charge is 2.33. The lowest BCUT2D eigenvalue weighted by molar-refractivity contribution is -0.130. The van der Waals surface area contributed by atoms with Crippen LogP contribution in [0.25, 0.3) is 5.69 Å². The average Bonchev–Trinajstić information content (AvgIpc) is 3.84. The highest BCUT2D eigenvalue weighted by molar-refractivity contribution is 7.99. The Labute approximate surface area is 276 Å². The molecule has 1 aliphatic heterocycles. The molecule has 9 nitrogen and oxygen atoms in total. The van der Waals surface area contributed by atoms with E-state index in [0.717, 1.165) is 38.5 Å². The smallest absolute Gasteiger partial charge is 0.258 e. The Morgan fingerprint density at radius 3 is 2.52 bits per heavy atom. The highest BCUT2D eigenvalue weighted by atomic mass is 32.2. The number of hydrazone groups is 1. The molecule has 0 saturated heterocycles. The molecule has 3 aromatic carbocycles. The van der Waals surface area contributed by atoms with Gasteiger partial charge in [0.1, 0.15) is 5.75 Å². The number of nitrogens with one attached hydrogen (secondary N) is 1. The second-order valence-electron chi connectivity index (χ2n) is 11.0. The number of para-hydroxylation sites is 1. The van der Waals surface area contributed by atoms with Gasteiger partial charge < -0.3 is 10.1 Å². The molecule has 46 heavy (non-hydrogen) atoms. The first-order valence-corrected chi connectivity index (χ1v) is 16.8. The minimum Gasteiger partial charge on any atom is -0.484 e. The number of benzene rings is 3. The normalized spacial score (nSPS) is 14.3. The van der Waals surface area contributed by atoms with E-state index in [-0.39, 0.29) is 36.8 Å². The minimum atomic E-state index is -0.278. The van der Waals surface area contributed by atoms with Crippen molar-refractivity contribution in [1.29, 1.82) is 0 Å². The Hall–Kier alpha value is -4.74. The second-order valence-corrected chi connectivity index (χ2v) is 12.9. The van der Waals surface area contributed by atoms with E-state index in [1.54, 1.807) is 28.5 Å². The maximum Gasteiger partial charge on any atom is 0.258 e. The SMILES string of the molecule is Cc1ccc(C2CC(c3cccs3)=NN2C(=O)CSc2nnc(CNC(=O)COc3ccccc3)n2-c2cccc(C)c2C)cc1. The molecule has 1 aliphatic rings. The van der Waals surface area contributed by atoms with Gasteiger partial charge in [0.15, 0.2) is 17.6 Å². The van der Waals surface area contributed by atoms with Gasteiger partial charge in [-0.25, -0.2) is 5.01 Å². The summed E-state index contributed by atoms with van der Waals surface area (Å²) in [5.41, 5.74) is 6.17. The van der Waals surface area contributed by atoms with Gasteiger partial charge in [0.2, 0.25) is 0 Å². The highest BCUT2D eigenvalue weighted by Crippen LogP contribution is 2.35. The number of nitrogens with zero attached hydrogens (tertiary/aromatic N) is 5. The van der Waals surface area contributed by atoms with Crippen molar-refractivity contribution >= 4 is 40.6 Å². The number of rotatable bonds is 11. The predicted molar refractivity (Wildman–Crippen MR) is 182 cm³/mol. The van der Waals surface area contributed by atoms with E-state index in [2.05, 4.69) is 46.7 Å². The Balaban J connectivity index is 1.21. The summed E-state index contributed by atoms with van der Waals surface area (Å²) in [4.78, 5) is 27.5. The summed E-state index contributed by atoms with van der Waals surface area (Å²) in [6.45, 7) is 6.16. The monoisotopic (exact) mass is 650 g/mol. The lowest BCUT2D eigenvalue weighted by Gasteiger charge is -2.22. The molecule has 11 heteroatoms. The lowest BCUT2D eigenvalue weighted by Crippen LogP contribution is -2.29. The number of amides is 2. The van der Waals surface area contributed by atoms with E-state index >= 15 is 0 Å². The standard InChI is InChI=1S/C35H34N6O3S2/c1-23-14-16-26(17-15-23)30-19-28(31-13-8-18-45-31)39-41(30)34(43)22-46-35-38-37-32(40(35)29-12-7-9-24(2)25(29)3)20-36-33(42)21-44-27-10-5-4-6-11-27/h4-18,30H,19-22H2,1-3H3,(H,36,42). The topological polar surface area (TPSA) is 102 Å². The first-order valence-electron chi connectivity index (χ1n) is 15.0. The molecule has 0 saturated carbocycles. The zero-order valence-corrected chi connectivity index (χ0v) is 27.5. The van der Waals surface area contributed by atoms with E-state index < -0.39 is 0 Å². The molecule has 0 fully saturated rings. The summed E-state index contributed by atoms with van der Waals surface area (Å²) in [6, 6.07) is 27.3. The number of aromatic nitrogens is 3. The third kappa shape index (κ3) is 7.05. The van der Waals surface area contributed by atoms with Crippen LogP contribution < -0.4 is 10.1 Å². The number of ether oxygens (including phenoxy) is 1. The van der Waals surface area contributed by atoms with E-state index in [0.29, 0.717) is 23.2 Å². The van der Waals surface area contributed by atoms with E-state index in [4.69, 9.17) is 9.84 Å². The largest absolute Gasteiger partial charge is 0.484 e. The van der Waals surface area contributed by atoms with Crippen LogP contribution in [0.2, 0.25) is 0 Å². The molecule has 1 N–H and O–H groups in total. The molecule has 0 radical (unpaired) electrons. The average molecular weight is 651 g/mol. The Morgan fingerprint density at radius 1 is 0.957 bits per heavy atom. The molecule has 3 heterocycles. The van der Waals surface area contributed by atoms with Gasteiger partial charge in [-0.3, -0.25) is 14.2 Å². The molecule has 2 aromatic heterocycles. The van der Waals surface area contributed by atoms with E-state index in [1.807, 2.05) is 72.3 Å². The summed E-state index contributed by atoms with van der Waals surface area (Å²) < 4.78 is 7.51. The maximum atomic E-state index is 13.8. The van der Waals surface area contributed by atoms with E-state index in [1.165, 1.54) is 11.8 Å². The van der Waals surface area contributed by atoms with Crippen LogP contribution in [0.1, 0.15) is 45.4 Å². The van der Waals surface area contributed by atoms with Crippen LogP contribution in [0.4, 0.5) is 0 Å². The van der Waals surface area contributed by atoms with Crippen LogP contribution in [0.5, 0.6) is 5.75 Å². The molecule has 1 atom stereocenters. The molecule has 1 unspecified atom stereocenters. The van der Waals surface area contributed by atoms with Crippen molar-refractivity contribution in [3.05, 3.63) is 123 Å². The van der Waals surface area contributed by atoms with Crippen molar-refractivity contribution < 1.29 is 14.3 Å². The fourth-order valence-corrected chi connectivity index (χ4v) is 6.73. The third-order valence-electron chi connectivity index (χ3n) is 7.83. The number of hydrogen-bond acceptors (Lipinski definition) is 8. The predicted octanol–water partition coefficient (Wildman–Crippen LogP) is 6.42. The molecule has 234 valence electrons. The molecular weight excluding hydrogens is 617 g/mol. The van der Waals surface area contributed by atoms with Crippen molar-refractivity contribution in [2.24, 2.45) is 5.10 Å². The third-order valence-corrected chi connectivity index (χ3v) is 9.67. The molecule has 0 aliphatic carbocycles. The van der Waals surface area contributed by atoms with Crippen LogP contribution in [0.3, 0.4) is 0 Å². The molecule has 2 amide bonds. The molecule has 6 rings (SSSR count). The Bertz CT molecular complexity index is 1850. The lowest BCUT2D eigenvalue weighted by atomic mass is 10.00. The van der Waals surface area contributed by atoms with Crippen molar-refractivity contribution in [3.8, 4) is 11.4 Å². The fourth-order valence-electron chi connectivity index (χ4n) is 5.19. The van der Waals surface area contributed by atoms with Crippen LogP contribution in [-0.4, -0.2) is 49.7 Å². The summed E-state index contributed by atoms with van der Waals surface area (Å²) in [5.74, 6) is 0.886. The second kappa shape index (κ2) is 14.1. The zero-order chi connectivity index (χ0) is 32.0. The quantitative estimate of drug-likeness (QED) is 0.166. The van der Waals surface area contributed by atoms with Gasteiger partial charge in [-0.05, 0) is 67.1 Å². The van der Waals surface area contributed by atoms with Crippen LogP contribution in [-0.2, 0) is 16.1 Å². The molecule has 0 bridgehead atoms. The number of carbonyl (C=O) groups excluding carboxylic acids is 2. The number of hydrogen-bond donors (Lipinski definition) is 1. The van der Waals surface area contributed by atoms with Crippen molar-refractivity contribution in [2.45, 2.75) is 44.9 Å². The number of thioether (sulfide) groups is 1. The van der Waals surface area contributed by atoms with Crippen molar-refractivity contribution in [3.63, 3.8) is 0 Å². The fraction of sp³-hybridized carbons (Fsp3) is 0.229. The summed E-state index contributed by atoms with van der Waals surface area (Å²) in [7, 11) is 0. The Morgan fingerprint density at radius 2 is 1.76 bits per heavy atom. The number of aryl methyl sites for hydroxylation is 2. The van der Waals surface area contributed by atoms with Crippen molar-refractivity contribution in [1.82, 2.24) is 25.1 Å². The number of carbonyl (C=O) groups is 2. The van der Waals surface area contributed by atoms with Crippen LogP contribution in [0.15, 0.2) is 101 Å². The van der Waals surface area contributed by atoms with Gasteiger partial charge in [0, 0.05) is 6.42 Å². The molecule has 5 aromatic rings. The molecular formula is C35H34N6O3S2. The minimum absolute atomic E-state index is 0.115. The van der Waals surface area contributed by atoms with Gasteiger partial charge in [-0.2, -0.15) is 5.10 Å². The van der Waals surface area contributed by atoms with Crippen LogP contribution >= 0.6 is 23.1 Å². The van der Waals surface area contributed by atoms with Gasteiger partial charge in [-0.15, -0.1) is 21.5 Å². The van der Waals surface area contributed by atoms with E-state index in [9.17, 15) is 9.59 Å². The van der Waals surface area contributed by atoms with Crippen molar-refractivity contribution in [2.75, 3.05) is 12.4 Å². The molecule has 0 spiro atoms. The Kier molecular flexibility index (Phi) is 9.60. The first-order chi connectivity index (χ1) is 22.4. The van der Waals surface area contributed by atoms with Gasteiger partial charge in [0.25, 0.3) is 11.8 Å². The summed E-state index contributed by atoms with van der Waals surface area (Å²) in [5, 5.41) is 20.8. The number of thiophene rings is 1. The maximum absolute atomic E-state index is 13.8. The van der Waals surface area contributed by atoms with Gasteiger partial charge in [0.05, 0.1) is 34.6 Å². The van der Waals surface area contributed by atoms with Crippen LogP contribution in [0, 0.1) is 20.8 Å². The zero-order valence-electron chi connectivity index (χ0n) is 25.8. The van der Waals surface area contributed by atoms with Gasteiger partial charge >= 0.3 is 0 Å².